The van der Waals surface area contributed by atoms with E-state index in [1.165, 1.54) is 4.52 Å². The lowest BCUT2D eigenvalue weighted by molar-refractivity contribution is 0.0295. The van der Waals surface area contributed by atoms with Crippen LogP contribution in [0.2, 0.25) is 10.0 Å². The van der Waals surface area contributed by atoms with Gasteiger partial charge in [0.15, 0.2) is 5.65 Å². The fourth-order valence-corrected chi connectivity index (χ4v) is 4.56. The molecule has 0 radical (unpaired) electrons. The van der Waals surface area contributed by atoms with Gasteiger partial charge in [0.25, 0.3) is 5.91 Å². The summed E-state index contributed by atoms with van der Waals surface area (Å²) in [4.78, 5) is 28.2. The number of hydrogen-bond donors (Lipinski definition) is 2. The van der Waals surface area contributed by atoms with Gasteiger partial charge in [-0.25, -0.2) is 15.0 Å². The van der Waals surface area contributed by atoms with Crippen LogP contribution in [0.5, 0.6) is 0 Å². The zero-order valence-electron chi connectivity index (χ0n) is 20.2. The number of aryl methyl sites for hydroxylation is 1. The minimum absolute atomic E-state index is 0.0772. The molecule has 4 heterocycles. The Morgan fingerprint density at radius 3 is 2.68 bits per heavy atom. The molecule has 0 aliphatic carbocycles. The summed E-state index contributed by atoms with van der Waals surface area (Å²) < 4.78 is 6.86. The Balaban J connectivity index is 1.42. The van der Waals surface area contributed by atoms with Crippen molar-refractivity contribution in [3.63, 3.8) is 0 Å². The van der Waals surface area contributed by atoms with Crippen molar-refractivity contribution in [2.24, 2.45) is 0 Å². The first-order valence-electron chi connectivity index (χ1n) is 11.9. The van der Waals surface area contributed by atoms with E-state index in [0.29, 0.717) is 84.2 Å². The van der Waals surface area contributed by atoms with Crippen molar-refractivity contribution in [1.82, 2.24) is 29.5 Å². The van der Waals surface area contributed by atoms with Crippen LogP contribution in [0, 0.1) is 11.3 Å². The zero-order valence-corrected chi connectivity index (χ0v) is 21.7. The van der Waals surface area contributed by atoms with E-state index in [1.54, 1.807) is 41.3 Å². The summed E-state index contributed by atoms with van der Waals surface area (Å²) >= 11 is 12.5. The van der Waals surface area contributed by atoms with Crippen LogP contribution < -0.4 is 11.1 Å². The monoisotopic (exact) mass is 551 g/mol. The molecule has 38 heavy (non-hydrogen) atoms. The van der Waals surface area contributed by atoms with Crippen LogP contribution in [-0.2, 0) is 11.2 Å². The van der Waals surface area contributed by atoms with E-state index in [1.807, 2.05) is 6.07 Å². The Morgan fingerprint density at radius 1 is 1.13 bits per heavy atom. The number of nitriles is 1. The Labute approximate surface area is 228 Å². The Bertz CT molecular complexity index is 1540. The lowest BCUT2D eigenvalue weighted by Gasteiger charge is -2.25. The number of morpholine rings is 1. The number of benzene rings is 1. The number of nitrogen functional groups attached to an aromatic ring is 1. The summed E-state index contributed by atoms with van der Waals surface area (Å²) in [7, 11) is 0. The first kappa shape index (κ1) is 25.7. The highest BCUT2D eigenvalue weighted by Crippen LogP contribution is 2.30. The van der Waals surface area contributed by atoms with Crippen molar-refractivity contribution in [1.29, 1.82) is 5.26 Å². The van der Waals surface area contributed by atoms with E-state index in [4.69, 9.17) is 43.9 Å². The van der Waals surface area contributed by atoms with Gasteiger partial charge >= 0.3 is 0 Å². The summed E-state index contributed by atoms with van der Waals surface area (Å²) in [5.74, 6) is 0.435. The van der Waals surface area contributed by atoms with E-state index in [2.05, 4.69) is 20.4 Å². The van der Waals surface area contributed by atoms with E-state index in [9.17, 15) is 4.79 Å². The molecule has 0 bridgehead atoms. The number of nitrogens with two attached hydrogens (primary N) is 1. The minimum Gasteiger partial charge on any atom is -0.383 e. The molecule has 1 aromatic carbocycles. The number of fused-ring (bicyclic) bond motifs is 1. The van der Waals surface area contributed by atoms with Gasteiger partial charge in [-0.3, -0.25) is 4.79 Å². The molecule has 0 spiro atoms. The van der Waals surface area contributed by atoms with Crippen LogP contribution in [0.4, 0.5) is 11.8 Å². The van der Waals surface area contributed by atoms with Crippen LogP contribution >= 0.6 is 23.2 Å². The van der Waals surface area contributed by atoms with Gasteiger partial charge in [-0.2, -0.15) is 9.78 Å². The standard InChI is InChI=1S/C25H23Cl2N9O2/c26-16-4-6-18(19(27)12-16)20-13-21-33-23(24(37)35-8-10-38-11-9-35)34-36(21)25(32-20)30-7-1-2-17-5-3-15(14-28)22(29)31-17/h3-6,12-13H,1-2,7-11H2,(H2,29,31)(H,30,32). The summed E-state index contributed by atoms with van der Waals surface area (Å²) in [6.07, 6.45) is 1.33. The van der Waals surface area contributed by atoms with Gasteiger partial charge in [0, 0.05) is 42.0 Å². The highest BCUT2D eigenvalue weighted by molar-refractivity contribution is 6.36. The predicted molar refractivity (Wildman–Crippen MR) is 143 cm³/mol. The van der Waals surface area contributed by atoms with Gasteiger partial charge in [-0.05, 0) is 43.2 Å². The molecule has 5 rings (SSSR count). The van der Waals surface area contributed by atoms with Crippen molar-refractivity contribution >= 4 is 46.5 Å². The number of halogens is 2. The average Bonchev–Trinajstić information content (AvgIpc) is 3.35. The second-order valence-electron chi connectivity index (χ2n) is 8.58. The first-order chi connectivity index (χ1) is 18.4. The Morgan fingerprint density at radius 2 is 1.95 bits per heavy atom. The number of carbonyl (C=O) groups is 1. The molecule has 11 nitrogen and oxygen atoms in total. The molecule has 3 N–H and O–H groups in total. The fraction of sp³-hybridized carbons (Fsp3) is 0.280. The number of hydrogen-bond acceptors (Lipinski definition) is 9. The van der Waals surface area contributed by atoms with Crippen molar-refractivity contribution in [3.8, 4) is 17.3 Å². The van der Waals surface area contributed by atoms with E-state index in [-0.39, 0.29) is 17.5 Å². The van der Waals surface area contributed by atoms with Crippen LogP contribution in [-0.4, -0.2) is 68.2 Å². The normalized spacial score (nSPS) is 13.4. The molecule has 0 saturated carbocycles. The highest BCUT2D eigenvalue weighted by atomic mass is 35.5. The summed E-state index contributed by atoms with van der Waals surface area (Å²) in [5, 5.41) is 17.7. The van der Waals surface area contributed by atoms with Crippen molar-refractivity contribution in [2.45, 2.75) is 12.8 Å². The van der Waals surface area contributed by atoms with Crippen molar-refractivity contribution in [3.05, 3.63) is 63.5 Å². The average molecular weight is 552 g/mol. The number of nitrogens with one attached hydrogen (secondary N) is 1. The Hall–Kier alpha value is -3.98. The predicted octanol–water partition coefficient (Wildman–Crippen LogP) is 3.46. The second kappa shape index (κ2) is 11.2. The second-order valence-corrected chi connectivity index (χ2v) is 9.42. The van der Waals surface area contributed by atoms with E-state index < -0.39 is 0 Å². The molecular weight excluding hydrogens is 529 g/mol. The molecule has 1 aliphatic heterocycles. The highest BCUT2D eigenvalue weighted by Gasteiger charge is 2.24. The molecule has 0 atom stereocenters. The number of nitrogens with zero attached hydrogens (tertiary/aromatic N) is 7. The first-order valence-corrected chi connectivity index (χ1v) is 12.7. The van der Waals surface area contributed by atoms with E-state index >= 15 is 0 Å². The number of carbonyl (C=O) groups excluding carboxylic acids is 1. The number of rotatable bonds is 7. The van der Waals surface area contributed by atoms with Crippen LogP contribution in [0.1, 0.15) is 28.3 Å². The topological polar surface area (TPSA) is 147 Å². The van der Waals surface area contributed by atoms with Gasteiger partial charge in [0.05, 0.1) is 29.5 Å². The van der Waals surface area contributed by atoms with Gasteiger partial charge in [-0.15, -0.1) is 5.10 Å². The number of aromatic nitrogens is 5. The summed E-state index contributed by atoms with van der Waals surface area (Å²) in [5.41, 5.74) is 8.63. The van der Waals surface area contributed by atoms with Gasteiger partial charge in [0.2, 0.25) is 11.8 Å². The maximum Gasteiger partial charge on any atom is 0.293 e. The molecule has 194 valence electrons. The van der Waals surface area contributed by atoms with Crippen LogP contribution in [0.25, 0.3) is 16.9 Å². The lowest BCUT2D eigenvalue weighted by Crippen LogP contribution is -2.41. The smallest absolute Gasteiger partial charge is 0.293 e. The third-order valence-electron chi connectivity index (χ3n) is 6.02. The SMILES string of the molecule is N#Cc1ccc(CCCNc2nc(-c3ccc(Cl)cc3Cl)cc3nc(C(=O)N4CCOCC4)nn23)nc1N. The molecular formula is C25H23Cl2N9O2. The fourth-order valence-electron chi connectivity index (χ4n) is 4.06. The number of anilines is 2. The minimum atomic E-state index is -0.265. The van der Waals surface area contributed by atoms with Gasteiger partial charge in [-0.1, -0.05) is 23.2 Å². The summed E-state index contributed by atoms with van der Waals surface area (Å²) in [6.45, 7) is 2.45. The molecule has 1 saturated heterocycles. The quantitative estimate of drug-likeness (QED) is 0.329. The van der Waals surface area contributed by atoms with Crippen LogP contribution in [0.3, 0.4) is 0 Å². The molecule has 1 fully saturated rings. The molecule has 1 amide bonds. The molecule has 3 aromatic heterocycles. The third kappa shape index (κ3) is 5.47. The number of ether oxygens (including phenoxy) is 1. The third-order valence-corrected chi connectivity index (χ3v) is 6.57. The maximum absolute atomic E-state index is 13.0. The maximum atomic E-state index is 13.0. The zero-order chi connectivity index (χ0) is 26.6. The molecule has 0 unspecified atom stereocenters. The molecule has 13 heteroatoms. The molecule has 1 aliphatic rings. The Kier molecular flexibility index (Phi) is 7.55. The number of amides is 1. The largest absolute Gasteiger partial charge is 0.383 e. The molecule has 4 aromatic rings. The van der Waals surface area contributed by atoms with E-state index in [0.717, 1.165) is 5.69 Å². The summed E-state index contributed by atoms with van der Waals surface area (Å²) in [6, 6.07) is 12.3. The lowest BCUT2D eigenvalue weighted by atomic mass is 10.1. The van der Waals surface area contributed by atoms with Crippen molar-refractivity contribution < 1.29 is 9.53 Å². The van der Waals surface area contributed by atoms with Crippen molar-refractivity contribution in [2.75, 3.05) is 43.9 Å². The van der Waals surface area contributed by atoms with Crippen LogP contribution in [0.15, 0.2) is 36.4 Å². The van der Waals surface area contributed by atoms with Gasteiger partial charge < -0.3 is 20.7 Å². The number of pyridine rings is 1. The van der Waals surface area contributed by atoms with Gasteiger partial charge in [0.1, 0.15) is 11.9 Å².